The Kier molecular flexibility index (Phi) is 3.44. The lowest BCUT2D eigenvalue weighted by atomic mass is 9.95. The van der Waals surface area contributed by atoms with Gasteiger partial charge in [-0.15, -0.1) is 0 Å². The van der Waals surface area contributed by atoms with Crippen LogP contribution in [0, 0.1) is 0 Å². The molecule has 0 spiro atoms. The van der Waals surface area contributed by atoms with Crippen LogP contribution in [0.4, 0.5) is 0 Å². The zero-order chi connectivity index (χ0) is 19.7. The van der Waals surface area contributed by atoms with E-state index in [1.54, 1.807) is 5.56 Å². The summed E-state index contributed by atoms with van der Waals surface area (Å²) in [5.74, 6) is 0. The third-order valence-corrected chi connectivity index (χ3v) is 7.50. The zero-order valence-electron chi connectivity index (χ0n) is 17.2. The molecule has 7 bridgehead atoms. The predicted octanol–water partition coefficient (Wildman–Crippen LogP) is 6.71. The lowest BCUT2D eigenvalue weighted by Gasteiger charge is -2.10. The van der Waals surface area contributed by atoms with Crippen molar-refractivity contribution in [3.05, 3.63) is 117 Å². The Balaban J connectivity index is 1.38. The first-order valence-corrected chi connectivity index (χ1v) is 11.3. The molecule has 0 nitrogen and oxygen atoms in total. The first-order chi connectivity index (χ1) is 14.8. The summed E-state index contributed by atoms with van der Waals surface area (Å²) in [6.07, 6.45) is 6.66. The number of hydrogen-bond acceptors (Lipinski definition) is 0. The van der Waals surface area contributed by atoms with Gasteiger partial charge in [-0.05, 0) is 105 Å². The van der Waals surface area contributed by atoms with Gasteiger partial charge in [-0.3, -0.25) is 0 Å². The number of fused-ring (bicyclic) bond motifs is 5. The lowest BCUT2D eigenvalue weighted by molar-refractivity contribution is 0.940. The van der Waals surface area contributed by atoms with E-state index in [-0.39, 0.29) is 0 Å². The van der Waals surface area contributed by atoms with Gasteiger partial charge in [-0.25, -0.2) is 0 Å². The molecule has 7 rings (SSSR count). The van der Waals surface area contributed by atoms with Gasteiger partial charge in [0, 0.05) is 0 Å². The largest absolute Gasteiger partial charge is 0.0614 e. The molecule has 0 aromatic heterocycles. The molecular formula is C30H24. The van der Waals surface area contributed by atoms with Crippen molar-refractivity contribution in [1.29, 1.82) is 0 Å². The number of hydrogen-bond donors (Lipinski definition) is 0. The van der Waals surface area contributed by atoms with Gasteiger partial charge in [0.15, 0.2) is 0 Å². The molecule has 0 aliphatic heterocycles. The average molecular weight is 385 g/mol. The molecule has 0 heteroatoms. The minimum atomic E-state index is 1.09. The van der Waals surface area contributed by atoms with Crippen LogP contribution >= 0.6 is 0 Å². The fraction of sp³-hybridized carbons (Fsp3) is 0.200. The van der Waals surface area contributed by atoms with E-state index in [9.17, 15) is 0 Å². The van der Waals surface area contributed by atoms with Gasteiger partial charge in [-0.1, -0.05) is 72.8 Å². The molecule has 4 aromatic carbocycles. The molecular weight excluding hydrogens is 360 g/mol. The number of rotatable bonds is 0. The van der Waals surface area contributed by atoms with E-state index in [0.717, 1.165) is 38.5 Å². The Morgan fingerprint density at radius 2 is 0.933 bits per heavy atom. The van der Waals surface area contributed by atoms with E-state index in [1.807, 2.05) is 0 Å². The Morgan fingerprint density at radius 1 is 0.400 bits per heavy atom. The van der Waals surface area contributed by atoms with Gasteiger partial charge >= 0.3 is 0 Å². The van der Waals surface area contributed by atoms with Gasteiger partial charge in [-0.2, -0.15) is 0 Å². The van der Waals surface area contributed by atoms with Crippen molar-refractivity contribution in [3.63, 3.8) is 0 Å². The lowest BCUT2D eigenvalue weighted by Crippen LogP contribution is -1.97. The van der Waals surface area contributed by atoms with Crippen LogP contribution in [0.25, 0.3) is 22.3 Å². The van der Waals surface area contributed by atoms with Gasteiger partial charge in [0.25, 0.3) is 0 Å². The third kappa shape index (κ3) is 2.46. The highest BCUT2D eigenvalue weighted by Gasteiger charge is 2.22. The highest BCUT2D eigenvalue weighted by molar-refractivity contribution is 5.79. The average Bonchev–Trinajstić information content (AvgIpc) is 3.32. The van der Waals surface area contributed by atoms with Crippen LogP contribution in [0.5, 0.6) is 0 Å². The fourth-order valence-electron chi connectivity index (χ4n) is 5.93. The Hall–Kier alpha value is -3.12. The smallest absolute Gasteiger partial charge is 0.00106 e. The quantitative estimate of drug-likeness (QED) is 0.273. The van der Waals surface area contributed by atoms with Crippen molar-refractivity contribution < 1.29 is 0 Å². The number of benzene rings is 4. The highest BCUT2D eigenvalue weighted by Crippen LogP contribution is 2.40. The minimum Gasteiger partial charge on any atom is -0.0614 e. The molecule has 0 fully saturated rings. The molecule has 0 saturated heterocycles. The van der Waals surface area contributed by atoms with Gasteiger partial charge in [0.1, 0.15) is 0 Å². The van der Waals surface area contributed by atoms with E-state index in [4.69, 9.17) is 0 Å². The standard InChI is InChI=1S/C30H24/c1-2-22-10-6-21-8-12-27-24(15-21)17-23-14-19(7-11-26(23)27)4-5-20-9-13-28-25(16-20)18-30(22)29(28)3-1/h1-3,7-9,11-16H,4-6,10,17-18H2. The second-order valence-corrected chi connectivity index (χ2v) is 9.27. The summed E-state index contributed by atoms with van der Waals surface area (Å²) < 4.78 is 0. The van der Waals surface area contributed by atoms with Crippen LogP contribution in [0.1, 0.15) is 44.5 Å². The maximum atomic E-state index is 2.47. The van der Waals surface area contributed by atoms with Crippen molar-refractivity contribution in [1.82, 2.24) is 0 Å². The van der Waals surface area contributed by atoms with Crippen LogP contribution < -0.4 is 0 Å². The molecule has 3 aliphatic carbocycles. The van der Waals surface area contributed by atoms with Crippen LogP contribution in [0.2, 0.25) is 0 Å². The summed E-state index contributed by atoms with van der Waals surface area (Å²) in [5.41, 5.74) is 17.9. The Bertz CT molecular complexity index is 1340. The summed E-state index contributed by atoms with van der Waals surface area (Å²) in [7, 11) is 0. The summed E-state index contributed by atoms with van der Waals surface area (Å²) in [6.45, 7) is 0. The normalized spacial score (nSPS) is 15.2. The van der Waals surface area contributed by atoms with E-state index in [1.165, 1.54) is 61.2 Å². The summed E-state index contributed by atoms with van der Waals surface area (Å²) in [4.78, 5) is 0. The molecule has 3 aliphatic rings. The van der Waals surface area contributed by atoms with Crippen molar-refractivity contribution in [3.8, 4) is 22.3 Å². The molecule has 0 radical (unpaired) electrons. The second kappa shape index (κ2) is 6.19. The fourth-order valence-corrected chi connectivity index (χ4v) is 5.93. The second-order valence-electron chi connectivity index (χ2n) is 9.27. The van der Waals surface area contributed by atoms with Gasteiger partial charge < -0.3 is 0 Å². The summed E-state index contributed by atoms with van der Waals surface area (Å²) in [5, 5.41) is 0. The SMILES string of the molecule is c1cc2c3c(c1)-c1ccc(cc1C3)CCc1ccc3c(c1)Cc1cc(ccc1-3)CC2. The monoisotopic (exact) mass is 384 g/mol. The molecule has 4 aromatic rings. The maximum Gasteiger partial charge on any atom is -0.00106 e. The third-order valence-electron chi connectivity index (χ3n) is 7.50. The first-order valence-electron chi connectivity index (χ1n) is 11.3. The molecule has 0 N–H and O–H groups in total. The molecule has 30 heavy (non-hydrogen) atoms. The predicted molar refractivity (Wildman–Crippen MR) is 124 cm³/mol. The van der Waals surface area contributed by atoms with Crippen LogP contribution in [-0.2, 0) is 38.5 Å². The van der Waals surface area contributed by atoms with Gasteiger partial charge in [0.2, 0.25) is 0 Å². The maximum absolute atomic E-state index is 2.47. The molecule has 0 amide bonds. The van der Waals surface area contributed by atoms with Crippen LogP contribution in [0.15, 0.2) is 72.8 Å². The Labute approximate surface area is 178 Å². The van der Waals surface area contributed by atoms with Gasteiger partial charge in [0.05, 0.1) is 0 Å². The van der Waals surface area contributed by atoms with E-state index in [2.05, 4.69) is 72.8 Å². The van der Waals surface area contributed by atoms with E-state index < -0.39 is 0 Å². The number of aryl methyl sites for hydroxylation is 4. The zero-order valence-corrected chi connectivity index (χ0v) is 17.2. The summed E-state index contributed by atoms with van der Waals surface area (Å²) in [6, 6.07) is 28.5. The molecule has 0 saturated carbocycles. The molecule has 0 unspecified atom stereocenters. The molecule has 144 valence electrons. The van der Waals surface area contributed by atoms with Crippen molar-refractivity contribution in [2.45, 2.75) is 38.5 Å². The summed E-state index contributed by atoms with van der Waals surface area (Å²) >= 11 is 0. The molecule has 0 heterocycles. The van der Waals surface area contributed by atoms with Crippen LogP contribution in [0.3, 0.4) is 0 Å². The topological polar surface area (TPSA) is 0 Å². The minimum absolute atomic E-state index is 1.09. The first kappa shape index (κ1) is 16.7. The van der Waals surface area contributed by atoms with E-state index >= 15 is 0 Å². The highest BCUT2D eigenvalue weighted by atomic mass is 14.3. The van der Waals surface area contributed by atoms with Crippen molar-refractivity contribution in [2.24, 2.45) is 0 Å². The molecule has 0 atom stereocenters. The van der Waals surface area contributed by atoms with Crippen molar-refractivity contribution in [2.75, 3.05) is 0 Å². The Morgan fingerprint density at radius 3 is 1.57 bits per heavy atom. The van der Waals surface area contributed by atoms with Crippen LogP contribution in [-0.4, -0.2) is 0 Å². The van der Waals surface area contributed by atoms with Crippen molar-refractivity contribution >= 4 is 0 Å². The van der Waals surface area contributed by atoms with E-state index in [0.29, 0.717) is 0 Å².